The molecule has 0 aliphatic heterocycles. The minimum atomic E-state index is -1.03. The lowest BCUT2D eigenvalue weighted by molar-refractivity contribution is 0.0697. The molecular weight excluding hydrogens is 194 g/mol. The molecule has 5 nitrogen and oxygen atoms in total. The summed E-state index contributed by atoms with van der Waals surface area (Å²) in [5, 5.41) is 12.0. The summed E-state index contributed by atoms with van der Waals surface area (Å²) in [5.74, 6) is -0.661. The smallest absolute Gasteiger partial charge is 0.339 e. The van der Waals surface area contributed by atoms with E-state index >= 15 is 0 Å². The minimum absolute atomic E-state index is 0.107. The average Bonchev–Trinajstić information content (AvgIpc) is 2.20. The number of rotatable bonds is 4. The number of carbonyl (C=O) groups is 1. The van der Waals surface area contributed by atoms with Crippen LogP contribution in [-0.4, -0.2) is 22.1 Å². The Labute approximate surface area is 88.3 Å². The monoisotopic (exact) mass is 209 g/mol. The number of hydrogen-bond donors (Lipinski definition) is 3. The number of nitrogen functional groups attached to an aromatic ring is 1. The molecule has 1 unspecified atom stereocenters. The number of aromatic nitrogens is 1. The van der Waals surface area contributed by atoms with Gasteiger partial charge in [0.2, 0.25) is 0 Å². The van der Waals surface area contributed by atoms with Crippen LogP contribution < -0.4 is 11.1 Å². The van der Waals surface area contributed by atoms with Gasteiger partial charge in [0, 0.05) is 6.04 Å². The van der Waals surface area contributed by atoms with Crippen LogP contribution in [0.2, 0.25) is 0 Å². The zero-order valence-corrected chi connectivity index (χ0v) is 8.82. The van der Waals surface area contributed by atoms with E-state index in [1.54, 1.807) is 0 Å². The topological polar surface area (TPSA) is 88.2 Å². The SMILES string of the molecule is CCC(C)Nc1ncc(N)cc1C(=O)O. The molecule has 0 aliphatic carbocycles. The van der Waals surface area contributed by atoms with Crippen LogP contribution in [0.1, 0.15) is 30.6 Å². The molecule has 1 rings (SSSR count). The van der Waals surface area contributed by atoms with Gasteiger partial charge in [-0.05, 0) is 19.4 Å². The molecule has 82 valence electrons. The summed E-state index contributed by atoms with van der Waals surface area (Å²) in [5.41, 5.74) is 5.93. The van der Waals surface area contributed by atoms with Gasteiger partial charge >= 0.3 is 5.97 Å². The highest BCUT2D eigenvalue weighted by atomic mass is 16.4. The Hall–Kier alpha value is -1.78. The summed E-state index contributed by atoms with van der Waals surface area (Å²) in [4.78, 5) is 14.9. The van der Waals surface area contributed by atoms with E-state index in [-0.39, 0.29) is 11.6 Å². The van der Waals surface area contributed by atoms with E-state index in [1.165, 1.54) is 12.3 Å². The van der Waals surface area contributed by atoms with Crippen LogP contribution in [0.3, 0.4) is 0 Å². The van der Waals surface area contributed by atoms with Gasteiger partial charge in [-0.2, -0.15) is 0 Å². The normalized spacial score (nSPS) is 12.1. The first-order chi connectivity index (χ1) is 7.04. The molecule has 0 aliphatic rings. The standard InChI is InChI=1S/C10H15N3O2/c1-3-6(2)13-9-8(10(14)15)4-7(11)5-12-9/h4-6H,3,11H2,1-2H3,(H,12,13)(H,14,15). The lowest BCUT2D eigenvalue weighted by atomic mass is 10.2. The molecule has 0 saturated carbocycles. The lowest BCUT2D eigenvalue weighted by Crippen LogP contribution is -2.17. The summed E-state index contributed by atoms with van der Waals surface area (Å²) in [6.07, 6.45) is 2.34. The molecule has 1 heterocycles. The van der Waals surface area contributed by atoms with Crippen LogP contribution in [-0.2, 0) is 0 Å². The summed E-state index contributed by atoms with van der Waals surface area (Å²) in [7, 11) is 0. The number of carboxylic acid groups (broad SMARTS) is 1. The van der Waals surface area contributed by atoms with E-state index in [4.69, 9.17) is 10.8 Å². The van der Waals surface area contributed by atoms with E-state index in [2.05, 4.69) is 10.3 Å². The summed E-state index contributed by atoms with van der Waals surface area (Å²) >= 11 is 0. The molecule has 0 saturated heterocycles. The molecule has 0 bridgehead atoms. The summed E-state index contributed by atoms with van der Waals surface area (Å²) in [6, 6.07) is 1.58. The van der Waals surface area contributed by atoms with E-state index in [1.807, 2.05) is 13.8 Å². The Kier molecular flexibility index (Phi) is 3.49. The summed E-state index contributed by atoms with van der Waals surface area (Å²) in [6.45, 7) is 3.97. The van der Waals surface area contributed by atoms with Crippen molar-refractivity contribution in [3.8, 4) is 0 Å². The van der Waals surface area contributed by atoms with Gasteiger partial charge < -0.3 is 16.2 Å². The van der Waals surface area contributed by atoms with E-state index in [0.29, 0.717) is 11.5 Å². The van der Waals surface area contributed by atoms with Crippen molar-refractivity contribution in [3.63, 3.8) is 0 Å². The first-order valence-electron chi connectivity index (χ1n) is 4.80. The Morgan fingerprint density at radius 3 is 2.93 bits per heavy atom. The Balaban J connectivity index is 3.01. The average molecular weight is 209 g/mol. The quantitative estimate of drug-likeness (QED) is 0.700. The van der Waals surface area contributed by atoms with Gasteiger partial charge in [-0.15, -0.1) is 0 Å². The van der Waals surface area contributed by atoms with E-state index in [0.717, 1.165) is 6.42 Å². The Morgan fingerprint density at radius 2 is 2.40 bits per heavy atom. The molecule has 1 aromatic rings. The number of pyridine rings is 1. The molecule has 1 atom stereocenters. The van der Waals surface area contributed by atoms with Crippen molar-refractivity contribution in [1.29, 1.82) is 0 Å². The maximum atomic E-state index is 10.9. The van der Waals surface area contributed by atoms with Crippen molar-refractivity contribution < 1.29 is 9.90 Å². The Bertz CT molecular complexity index is 366. The van der Waals surface area contributed by atoms with Crippen LogP contribution in [0.15, 0.2) is 12.3 Å². The van der Waals surface area contributed by atoms with E-state index in [9.17, 15) is 4.79 Å². The van der Waals surface area contributed by atoms with Crippen LogP contribution in [0, 0.1) is 0 Å². The second-order valence-corrected chi connectivity index (χ2v) is 3.42. The largest absolute Gasteiger partial charge is 0.478 e. The molecule has 0 aromatic carbocycles. The van der Waals surface area contributed by atoms with Crippen molar-refractivity contribution in [2.24, 2.45) is 0 Å². The van der Waals surface area contributed by atoms with Crippen LogP contribution in [0.4, 0.5) is 11.5 Å². The van der Waals surface area contributed by atoms with Crippen LogP contribution in [0.25, 0.3) is 0 Å². The molecule has 4 N–H and O–H groups in total. The number of hydrogen-bond acceptors (Lipinski definition) is 4. The molecule has 0 fully saturated rings. The fourth-order valence-electron chi connectivity index (χ4n) is 1.09. The van der Waals surface area contributed by atoms with Gasteiger partial charge in [-0.25, -0.2) is 9.78 Å². The minimum Gasteiger partial charge on any atom is -0.478 e. The molecule has 0 radical (unpaired) electrons. The summed E-state index contributed by atoms with van der Waals surface area (Å²) < 4.78 is 0. The van der Waals surface area contributed by atoms with Gasteiger partial charge in [0.25, 0.3) is 0 Å². The molecule has 5 heteroatoms. The second-order valence-electron chi connectivity index (χ2n) is 3.42. The highest BCUT2D eigenvalue weighted by Gasteiger charge is 2.13. The number of aromatic carboxylic acids is 1. The van der Waals surface area contributed by atoms with Crippen molar-refractivity contribution in [2.45, 2.75) is 26.3 Å². The Morgan fingerprint density at radius 1 is 1.73 bits per heavy atom. The van der Waals surface area contributed by atoms with E-state index < -0.39 is 5.97 Å². The van der Waals surface area contributed by atoms with Crippen molar-refractivity contribution in [1.82, 2.24) is 4.98 Å². The zero-order chi connectivity index (χ0) is 11.4. The maximum absolute atomic E-state index is 10.9. The van der Waals surface area contributed by atoms with Crippen LogP contribution in [0.5, 0.6) is 0 Å². The van der Waals surface area contributed by atoms with Crippen molar-refractivity contribution >= 4 is 17.5 Å². The van der Waals surface area contributed by atoms with Gasteiger partial charge in [0.1, 0.15) is 11.4 Å². The van der Waals surface area contributed by atoms with Crippen molar-refractivity contribution in [3.05, 3.63) is 17.8 Å². The predicted molar refractivity (Wildman–Crippen MR) is 59.0 cm³/mol. The van der Waals surface area contributed by atoms with Crippen molar-refractivity contribution in [2.75, 3.05) is 11.1 Å². The fraction of sp³-hybridized carbons (Fsp3) is 0.400. The molecule has 0 amide bonds. The number of nitrogens with one attached hydrogen (secondary N) is 1. The van der Waals surface area contributed by atoms with Gasteiger partial charge in [-0.3, -0.25) is 0 Å². The third-order valence-corrected chi connectivity index (χ3v) is 2.13. The first kappa shape index (κ1) is 11.3. The third kappa shape index (κ3) is 2.83. The predicted octanol–water partition coefficient (Wildman–Crippen LogP) is 1.57. The first-order valence-corrected chi connectivity index (χ1v) is 4.80. The zero-order valence-electron chi connectivity index (χ0n) is 8.82. The second kappa shape index (κ2) is 4.63. The highest BCUT2D eigenvalue weighted by Crippen LogP contribution is 2.16. The number of carboxylic acids is 1. The van der Waals surface area contributed by atoms with Gasteiger partial charge in [-0.1, -0.05) is 6.92 Å². The molecule has 15 heavy (non-hydrogen) atoms. The van der Waals surface area contributed by atoms with Gasteiger partial charge in [0.15, 0.2) is 0 Å². The fourth-order valence-corrected chi connectivity index (χ4v) is 1.09. The molecule has 0 spiro atoms. The lowest BCUT2D eigenvalue weighted by Gasteiger charge is -2.14. The highest BCUT2D eigenvalue weighted by molar-refractivity contribution is 5.94. The van der Waals surface area contributed by atoms with Gasteiger partial charge in [0.05, 0.1) is 11.9 Å². The molecule has 1 aromatic heterocycles. The molecular formula is C10H15N3O2. The maximum Gasteiger partial charge on any atom is 0.339 e. The number of anilines is 2. The number of nitrogens with two attached hydrogens (primary N) is 1. The van der Waals surface area contributed by atoms with Crippen LogP contribution >= 0.6 is 0 Å². The third-order valence-electron chi connectivity index (χ3n) is 2.13. The number of nitrogens with zero attached hydrogens (tertiary/aromatic N) is 1.